The van der Waals surface area contributed by atoms with Gasteiger partial charge in [0, 0.05) is 24.7 Å². The Balaban J connectivity index is 1.58. The molecule has 3 rings (SSSR count). The van der Waals surface area contributed by atoms with E-state index in [9.17, 15) is 19.3 Å². The third kappa shape index (κ3) is 5.29. The van der Waals surface area contributed by atoms with Crippen molar-refractivity contribution in [2.75, 3.05) is 37.8 Å². The van der Waals surface area contributed by atoms with Gasteiger partial charge in [-0.25, -0.2) is 9.82 Å². The second-order valence-electron chi connectivity index (χ2n) is 6.51. The predicted molar refractivity (Wildman–Crippen MR) is 108 cm³/mol. The molecule has 1 N–H and O–H groups in total. The van der Waals surface area contributed by atoms with E-state index in [1.807, 2.05) is 4.90 Å². The number of rotatable bonds is 7. The summed E-state index contributed by atoms with van der Waals surface area (Å²) in [5.74, 6) is -0.993. The van der Waals surface area contributed by atoms with Crippen LogP contribution in [-0.2, 0) is 9.53 Å². The number of para-hydroxylation sites is 2. The van der Waals surface area contributed by atoms with Crippen LogP contribution in [0.1, 0.15) is 12.5 Å². The lowest BCUT2D eigenvalue weighted by atomic mass is 10.1. The largest absolute Gasteiger partial charge is 0.477 e. The van der Waals surface area contributed by atoms with Gasteiger partial charge in [-0.3, -0.25) is 14.9 Å². The van der Waals surface area contributed by atoms with E-state index >= 15 is 0 Å². The number of nitrogens with zero attached hydrogens (tertiary/aromatic N) is 3. The fraction of sp³-hybridized carbons (Fsp3) is 0.300. The molecule has 0 aliphatic carbocycles. The van der Waals surface area contributed by atoms with Crippen molar-refractivity contribution >= 4 is 23.0 Å². The van der Waals surface area contributed by atoms with Crippen LogP contribution in [0.3, 0.4) is 0 Å². The maximum Gasteiger partial charge on any atom is 0.310 e. The first-order valence-corrected chi connectivity index (χ1v) is 9.27. The summed E-state index contributed by atoms with van der Waals surface area (Å²) < 4.78 is 25.0. The number of ether oxygens (including phenoxy) is 2. The Labute approximate surface area is 172 Å². The molecule has 0 aromatic heterocycles. The highest BCUT2D eigenvalue weighted by atomic mass is 19.1. The zero-order valence-electron chi connectivity index (χ0n) is 16.3. The summed E-state index contributed by atoms with van der Waals surface area (Å²) in [6.07, 6.45) is 0. The molecule has 10 heteroatoms. The standard InChI is InChI=1S/C20H21FN4O5/c1-14(15-6-7-17(16(21)12-15)24-8-10-29-11-9-24)22-23-20(26)13-30-19-5-3-2-4-18(19)25(27)28/h2-7,12H,8-11,13H2,1H3,(H,23,26)/b22-14-. The van der Waals surface area contributed by atoms with Crippen molar-refractivity contribution in [2.24, 2.45) is 5.10 Å². The average molecular weight is 416 g/mol. The van der Waals surface area contributed by atoms with Crippen molar-refractivity contribution in [1.82, 2.24) is 5.43 Å². The first kappa shape index (κ1) is 21.2. The van der Waals surface area contributed by atoms with Crippen molar-refractivity contribution < 1.29 is 23.6 Å². The predicted octanol–water partition coefficient (Wildman–Crippen LogP) is 2.49. The molecule has 1 saturated heterocycles. The molecule has 0 radical (unpaired) electrons. The first-order valence-electron chi connectivity index (χ1n) is 9.27. The van der Waals surface area contributed by atoms with Gasteiger partial charge in [0.1, 0.15) is 5.82 Å². The number of hydrogen-bond acceptors (Lipinski definition) is 7. The molecule has 1 fully saturated rings. The lowest BCUT2D eigenvalue weighted by molar-refractivity contribution is -0.385. The highest BCUT2D eigenvalue weighted by Gasteiger charge is 2.17. The molecule has 0 unspecified atom stereocenters. The number of carbonyl (C=O) groups excluding carboxylic acids is 1. The Morgan fingerprint density at radius 3 is 2.73 bits per heavy atom. The van der Waals surface area contributed by atoms with Gasteiger partial charge >= 0.3 is 5.69 Å². The van der Waals surface area contributed by atoms with Crippen LogP contribution in [0.5, 0.6) is 5.75 Å². The van der Waals surface area contributed by atoms with E-state index in [0.717, 1.165) is 0 Å². The molecular formula is C20H21FN4O5. The van der Waals surface area contributed by atoms with Crippen LogP contribution < -0.4 is 15.1 Å². The van der Waals surface area contributed by atoms with E-state index in [4.69, 9.17) is 9.47 Å². The Kier molecular flexibility index (Phi) is 6.91. The fourth-order valence-corrected chi connectivity index (χ4v) is 2.91. The van der Waals surface area contributed by atoms with Gasteiger partial charge in [-0.15, -0.1) is 0 Å². The van der Waals surface area contributed by atoms with Crippen LogP contribution in [0.2, 0.25) is 0 Å². The number of hydrogen-bond donors (Lipinski definition) is 1. The number of carbonyl (C=O) groups is 1. The van der Waals surface area contributed by atoms with E-state index in [1.165, 1.54) is 24.3 Å². The molecule has 0 bridgehead atoms. The number of nitro benzene ring substituents is 1. The monoisotopic (exact) mass is 416 g/mol. The molecular weight excluding hydrogens is 395 g/mol. The molecule has 0 atom stereocenters. The smallest absolute Gasteiger partial charge is 0.310 e. The van der Waals surface area contributed by atoms with Crippen molar-refractivity contribution in [1.29, 1.82) is 0 Å². The van der Waals surface area contributed by atoms with Crippen molar-refractivity contribution in [3.63, 3.8) is 0 Å². The summed E-state index contributed by atoms with van der Waals surface area (Å²) in [7, 11) is 0. The minimum atomic E-state index is -0.599. The average Bonchev–Trinajstić information content (AvgIpc) is 2.76. The summed E-state index contributed by atoms with van der Waals surface area (Å²) >= 11 is 0. The number of morpholine rings is 1. The molecule has 1 aliphatic heterocycles. The number of anilines is 1. The Bertz CT molecular complexity index is 960. The normalized spacial score (nSPS) is 14.3. The van der Waals surface area contributed by atoms with Gasteiger partial charge in [0.05, 0.1) is 29.5 Å². The van der Waals surface area contributed by atoms with Crippen LogP contribution in [0.15, 0.2) is 47.6 Å². The number of amides is 1. The Hall–Kier alpha value is -3.53. The maximum absolute atomic E-state index is 14.5. The first-order chi connectivity index (χ1) is 14.5. The van der Waals surface area contributed by atoms with Gasteiger partial charge in [-0.1, -0.05) is 18.2 Å². The van der Waals surface area contributed by atoms with Gasteiger partial charge < -0.3 is 14.4 Å². The minimum absolute atomic E-state index is 0.0147. The summed E-state index contributed by atoms with van der Waals surface area (Å²) in [5.41, 5.74) is 3.49. The molecule has 2 aromatic rings. The second kappa shape index (κ2) is 9.79. The lowest BCUT2D eigenvalue weighted by Gasteiger charge is -2.29. The number of hydrazone groups is 1. The minimum Gasteiger partial charge on any atom is -0.477 e. The zero-order chi connectivity index (χ0) is 21.5. The van der Waals surface area contributed by atoms with Crippen molar-refractivity contribution in [3.05, 3.63) is 64.0 Å². The molecule has 1 heterocycles. The van der Waals surface area contributed by atoms with Gasteiger partial charge in [0.25, 0.3) is 5.91 Å². The lowest BCUT2D eigenvalue weighted by Crippen LogP contribution is -2.36. The van der Waals surface area contributed by atoms with Gasteiger partial charge in [-0.2, -0.15) is 5.10 Å². The third-order valence-corrected chi connectivity index (χ3v) is 4.49. The molecule has 9 nitrogen and oxygen atoms in total. The van der Waals surface area contributed by atoms with E-state index in [0.29, 0.717) is 43.3 Å². The number of nitro groups is 1. The van der Waals surface area contributed by atoms with Gasteiger partial charge in [0.2, 0.25) is 0 Å². The molecule has 2 aromatic carbocycles. The Morgan fingerprint density at radius 1 is 1.30 bits per heavy atom. The zero-order valence-corrected chi connectivity index (χ0v) is 16.3. The van der Waals surface area contributed by atoms with Crippen LogP contribution in [0.25, 0.3) is 0 Å². The number of nitrogens with one attached hydrogen (secondary N) is 1. The second-order valence-corrected chi connectivity index (χ2v) is 6.51. The highest BCUT2D eigenvalue weighted by molar-refractivity contribution is 5.99. The molecule has 0 saturated carbocycles. The van der Waals surface area contributed by atoms with E-state index in [2.05, 4.69) is 10.5 Å². The van der Waals surface area contributed by atoms with Crippen LogP contribution >= 0.6 is 0 Å². The summed E-state index contributed by atoms with van der Waals surface area (Å²) in [5, 5.41) is 14.9. The molecule has 30 heavy (non-hydrogen) atoms. The molecule has 1 aliphatic rings. The maximum atomic E-state index is 14.5. The Morgan fingerprint density at radius 2 is 2.03 bits per heavy atom. The fourth-order valence-electron chi connectivity index (χ4n) is 2.91. The van der Waals surface area contributed by atoms with Crippen LogP contribution in [-0.4, -0.2) is 49.5 Å². The topological polar surface area (TPSA) is 106 Å². The van der Waals surface area contributed by atoms with Crippen LogP contribution in [0, 0.1) is 15.9 Å². The van der Waals surface area contributed by atoms with E-state index in [-0.39, 0.29) is 17.3 Å². The summed E-state index contributed by atoms with van der Waals surface area (Å²) in [6, 6.07) is 10.5. The van der Waals surface area contributed by atoms with E-state index in [1.54, 1.807) is 25.1 Å². The number of benzene rings is 2. The summed E-state index contributed by atoms with van der Waals surface area (Å²) in [4.78, 5) is 24.2. The van der Waals surface area contributed by atoms with Crippen molar-refractivity contribution in [3.8, 4) is 5.75 Å². The summed E-state index contributed by atoms with van der Waals surface area (Å²) in [6.45, 7) is 3.54. The molecule has 158 valence electrons. The molecule has 0 spiro atoms. The van der Waals surface area contributed by atoms with Gasteiger partial charge in [-0.05, 0) is 25.1 Å². The van der Waals surface area contributed by atoms with Gasteiger partial charge in [0.15, 0.2) is 12.4 Å². The SMILES string of the molecule is C/C(=N/NC(=O)COc1ccccc1[N+](=O)[O-])c1ccc(N2CCOCC2)c(F)c1. The van der Waals surface area contributed by atoms with Crippen molar-refractivity contribution in [2.45, 2.75) is 6.92 Å². The molecule has 1 amide bonds. The van der Waals surface area contributed by atoms with E-state index < -0.39 is 17.4 Å². The van der Waals surface area contributed by atoms with Crippen LogP contribution in [0.4, 0.5) is 15.8 Å². The third-order valence-electron chi connectivity index (χ3n) is 4.49. The highest BCUT2D eigenvalue weighted by Crippen LogP contribution is 2.25. The quantitative estimate of drug-likeness (QED) is 0.422. The number of halogens is 1.